The number of hydrogen-bond donors (Lipinski definition) is 1. The van der Waals surface area contributed by atoms with Gasteiger partial charge < -0.3 is 9.84 Å². The number of amides is 1. The summed E-state index contributed by atoms with van der Waals surface area (Å²) in [5.41, 5.74) is 1.19. The van der Waals surface area contributed by atoms with Crippen LogP contribution in [0, 0.1) is 0 Å². The first-order chi connectivity index (χ1) is 11.6. The highest BCUT2D eigenvalue weighted by atomic mass is 79.9. The van der Waals surface area contributed by atoms with Crippen molar-refractivity contribution in [2.75, 3.05) is 13.3 Å². The zero-order valence-electron chi connectivity index (χ0n) is 14.7. The summed E-state index contributed by atoms with van der Waals surface area (Å²) in [5.74, 6) is -0.448. The summed E-state index contributed by atoms with van der Waals surface area (Å²) in [4.78, 5) is 12.2. The van der Waals surface area contributed by atoms with Crippen molar-refractivity contribution < 1.29 is 23.1 Å². The molecule has 0 aromatic heterocycles. The Morgan fingerprint density at radius 2 is 2.04 bits per heavy atom. The molecule has 1 fully saturated rings. The number of rotatable bonds is 7. The molecule has 1 aromatic rings. The van der Waals surface area contributed by atoms with Gasteiger partial charge in [-0.3, -0.25) is 4.79 Å². The van der Waals surface area contributed by atoms with Crippen LogP contribution < -0.4 is 0 Å². The van der Waals surface area contributed by atoms with E-state index in [1.165, 1.54) is 0 Å². The fourth-order valence-electron chi connectivity index (χ4n) is 2.53. The number of benzene rings is 1. The van der Waals surface area contributed by atoms with E-state index in [1.807, 2.05) is 0 Å². The topological polar surface area (TPSA) is 83.9 Å². The maximum Gasteiger partial charge on any atom is 0.246 e. The van der Waals surface area contributed by atoms with Crippen LogP contribution in [-0.4, -0.2) is 45.1 Å². The maximum atomic E-state index is 12.8. The summed E-state index contributed by atoms with van der Waals surface area (Å²) < 4.78 is 32.4. The number of hydrogen-bond acceptors (Lipinski definition) is 5. The largest absolute Gasteiger partial charge is 0.392 e. The molecule has 1 unspecified atom stereocenters. The van der Waals surface area contributed by atoms with Crippen LogP contribution in [0.15, 0.2) is 22.7 Å². The molecule has 0 aliphatic carbocycles. The summed E-state index contributed by atoms with van der Waals surface area (Å²) in [7, 11) is -5.08. The summed E-state index contributed by atoms with van der Waals surface area (Å²) in [6.45, 7) is 6.71. The van der Waals surface area contributed by atoms with E-state index >= 15 is 0 Å². The summed E-state index contributed by atoms with van der Waals surface area (Å²) >= 11 is 3.34. The molecule has 1 atom stereocenters. The second kappa shape index (κ2) is 7.87. The van der Waals surface area contributed by atoms with E-state index < -0.39 is 29.3 Å². The van der Waals surface area contributed by atoms with E-state index in [4.69, 9.17) is 9.84 Å². The van der Waals surface area contributed by atoms with Crippen molar-refractivity contribution in [3.05, 3.63) is 33.8 Å². The fraction of sp³-hybridized carbons (Fsp3) is 0.562. The number of ether oxygens (including phenoxy) is 1. The smallest absolute Gasteiger partial charge is 0.246 e. The number of aliphatic hydroxyl groups excluding tert-OH is 1. The molecule has 1 aromatic carbocycles. The molecule has 0 radical (unpaired) electrons. The number of aliphatic hydroxyl groups is 1. The standard InChI is InChI=1S/C16H24BrNO5SSi/c1-25(2,3)7-6-23-11-18-16(20)9-15(24(18,21)22)13-5-4-12(10-19)8-14(13)17/h4-5,8,15,19H,6-7,9-11H2,1-3H3. The first-order valence-corrected chi connectivity index (χ1v) is 14.1. The molecule has 0 bridgehead atoms. The van der Waals surface area contributed by atoms with Crippen LogP contribution >= 0.6 is 15.9 Å². The molecule has 0 spiro atoms. The molecule has 1 saturated heterocycles. The molecule has 1 amide bonds. The van der Waals surface area contributed by atoms with Gasteiger partial charge in [0.1, 0.15) is 12.0 Å². The third-order valence-electron chi connectivity index (χ3n) is 4.10. The van der Waals surface area contributed by atoms with Gasteiger partial charge in [0, 0.05) is 19.2 Å². The highest BCUT2D eigenvalue weighted by Crippen LogP contribution is 2.39. The maximum absolute atomic E-state index is 12.8. The summed E-state index contributed by atoms with van der Waals surface area (Å²) in [6, 6.07) is 5.88. The Morgan fingerprint density at radius 1 is 1.36 bits per heavy atom. The number of nitrogens with zero attached hydrogens (tertiary/aromatic N) is 1. The van der Waals surface area contributed by atoms with Gasteiger partial charge in [0.25, 0.3) is 0 Å². The van der Waals surface area contributed by atoms with E-state index in [2.05, 4.69) is 35.6 Å². The van der Waals surface area contributed by atoms with Crippen molar-refractivity contribution in [1.29, 1.82) is 0 Å². The second-order valence-corrected chi connectivity index (χ2v) is 15.9. The van der Waals surface area contributed by atoms with Crippen molar-refractivity contribution in [3.63, 3.8) is 0 Å². The molecule has 6 nitrogen and oxygen atoms in total. The molecule has 1 N–H and O–H groups in total. The van der Waals surface area contributed by atoms with Gasteiger partial charge in [0.15, 0.2) is 0 Å². The Bertz CT molecular complexity index is 747. The fourth-order valence-corrected chi connectivity index (χ4v) is 5.91. The van der Waals surface area contributed by atoms with Crippen LogP contribution in [0.2, 0.25) is 25.7 Å². The minimum Gasteiger partial charge on any atom is -0.392 e. The number of carbonyl (C=O) groups excluding carboxylic acids is 1. The van der Waals surface area contributed by atoms with Crippen molar-refractivity contribution in [2.45, 2.75) is 44.0 Å². The van der Waals surface area contributed by atoms with Gasteiger partial charge in [-0.1, -0.05) is 47.7 Å². The van der Waals surface area contributed by atoms with E-state index in [9.17, 15) is 13.2 Å². The molecule has 9 heteroatoms. The highest BCUT2D eigenvalue weighted by Gasteiger charge is 2.46. The minimum absolute atomic E-state index is 0.100. The number of halogens is 1. The predicted octanol–water partition coefficient (Wildman–Crippen LogP) is 2.86. The van der Waals surface area contributed by atoms with Gasteiger partial charge in [-0.15, -0.1) is 0 Å². The van der Waals surface area contributed by atoms with Crippen LogP contribution in [0.3, 0.4) is 0 Å². The van der Waals surface area contributed by atoms with Crippen molar-refractivity contribution in [1.82, 2.24) is 4.31 Å². The number of sulfonamides is 1. The van der Waals surface area contributed by atoms with Gasteiger partial charge in [0.2, 0.25) is 15.9 Å². The Morgan fingerprint density at radius 3 is 2.60 bits per heavy atom. The summed E-state index contributed by atoms with van der Waals surface area (Å²) in [5, 5.41) is 8.24. The van der Waals surface area contributed by atoms with Crippen molar-refractivity contribution in [2.24, 2.45) is 0 Å². The minimum atomic E-state index is -3.81. The van der Waals surface area contributed by atoms with Gasteiger partial charge in [-0.25, -0.2) is 12.7 Å². The normalized spacial score (nSPS) is 20.3. The Hall–Kier alpha value is -0.743. The predicted molar refractivity (Wildman–Crippen MR) is 102 cm³/mol. The molecule has 0 saturated carbocycles. The Kier molecular flexibility index (Phi) is 6.48. The second-order valence-electron chi connectivity index (χ2n) is 7.34. The zero-order valence-corrected chi connectivity index (χ0v) is 18.1. The van der Waals surface area contributed by atoms with Crippen LogP contribution in [-0.2, 0) is 26.2 Å². The monoisotopic (exact) mass is 449 g/mol. The third-order valence-corrected chi connectivity index (χ3v) is 8.56. The van der Waals surface area contributed by atoms with E-state index in [-0.39, 0.29) is 19.8 Å². The Balaban J connectivity index is 2.13. The van der Waals surface area contributed by atoms with Gasteiger partial charge >= 0.3 is 0 Å². The molecular formula is C16H24BrNO5SSi. The number of carbonyl (C=O) groups is 1. The van der Waals surface area contributed by atoms with Crippen LogP contribution in [0.4, 0.5) is 0 Å². The SMILES string of the molecule is C[Si](C)(C)CCOCN1C(=O)CC(c2ccc(CO)cc2Br)S1(=O)=O. The average molecular weight is 450 g/mol. The first kappa shape index (κ1) is 20.6. The lowest BCUT2D eigenvalue weighted by atomic mass is 10.1. The molecule has 2 rings (SSSR count). The van der Waals surface area contributed by atoms with Gasteiger partial charge in [-0.05, 0) is 23.2 Å². The molecule has 140 valence electrons. The Labute approximate surface area is 158 Å². The molecule has 25 heavy (non-hydrogen) atoms. The van der Waals surface area contributed by atoms with Crippen LogP contribution in [0.5, 0.6) is 0 Å². The lowest BCUT2D eigenvalue weighted by Gasteiger charge is -2.20. The molecular weight excluding hydrogens is 426 g/mol. The first-order valence-electron chi connectivity index (χ1n) is 8.07. The quantitative estimate of drug-likeness (QED) is 0.510. The summed E-state index contributed by atoms with van der Waals surface area (Å²) in [6.07, 6.45) is -0.100. The van der Waals surface area contributed by atoms with Crippen LogP contribution in [0.25, 0.3) is 0 Å². The van der Waals surface area contributed by atoms with Crippen molar-refractivity contribution >= 4 is 39.9 Å². The molecule has 1 heterocycles. The van der Waals surface area contributed by atoms with Crippen molar-refractivity contribution in [3.8, 4) is 0 Å². The van der Waals surface area contributed by atoms with E-state index in [1.54, 1.807) is 18.2 Å². The van der Waals surface area contributed by atoms with Gasteiger partial charge in [-0.2, -0.15) is 0 Å². The van der Waals surface area contributed by atoms with E-state index in [0.717, 1.165) is 10.3 Å². The molecule has 1 aliphatic heterocycles. The van der Waals surface area contributed by atoms with Gasteiger partial charge in [0.05, 0.1) is 13.0 Å². The highest BCUT2D eigenvalue weighted by molar-refractivity contribution is 9.10. The lowest BCUT2D eigenvalue weighted by Crippen LogP contribution is -2.33. The van der Waals surface area contributed by atoms with E-state index in [0.29, 0.717) is 22.2 Å². The lowest BCUT2D eigenvalue weighted by molar-refractivity contribution is -0.128. The average Bonchev–Trinajstić information content (AvgIpc) is 2.72. The zero-order chi connectivity index (χ0) is 18.8. The molecule has 1 aliphatic rings. The third kappa shape index (κ3) is 4.91. The van der Waals surface area contributed by atoms with Crippen LogP contribution in [0.1, 0.15) is 22.8 Å².